The lowest BCUT2D eigenvalue weighted by Crippen LogP contribution is -2.18. The molecule has 0 atom stereocenters. The molecule has 0 aliphatic rings. The first-order chi connectivity index (χ1) is 10.8. The molecule has 3 nitrogen and oxygen atoms in total. The molecule has 1 N–H and O–H groups in total. The number of hydrogen-bond donors (Lipinski definition) is 1. The Morgan fingerprint density at radius 3 is 2.55 bits per heavy atom. The van der Waals surface area contributed by atoms with Crippen molar-refractivity contribution in [3.8, 4) is 0 Å². The molecule has 0 spiro atoms. The minimum atomic E-state index is -0.574. The normalized spacial score (nSPS) is 11.0. The van der Waals surface area contributed by atoms with Crippen LogP contribution in [0.2, 0.25) is 0 Å². The van der Waals surface area contributed by atoms with Crippen molar-refractivity contribution in [1.82, 2.24) is 5.43 Å². The highest BCUT2D eigenvalue weighted by Crippen LogP contribution is 2.16. The van der Waals surface area contributed by atoms with Gasteiger partial charge in [-0.3, -0.25) is 4.79 Å². The predicted octanol–water partition coefficient (Wildman–Crippen LogP) is 3.74. The topological polar surface area (TPSA) is 41.5 Å². The molecule has 0 aliphatic carbocycles. The van der Waals surface area contributed by atoms with Crippen LogP contribution < -0.4 is 5.43 Å². The van der Waals surface area contributed by atoms with Gasteiger partial charge in [0.1, 0.15) is 5.82 Å². The highest BCUT2D eigenvalue weighted by molar-refractivity contribution is 6.00. The Balaban J connectivity index is 1.80. The third-order valence-electron chi connectivity index (χ3n) is 3.31. The maximum absolute atomic E-state index is 13.5. The summed E-state index contributed by atoms with van der Waals surface area (Å²) >= 11 is 0. The van der Waals surface area contributed by atoms with Gasteiger partial charge < -0.3 is 0 Å². The van der Waals surface area contributed by atoms with Crippen molar-refractivity contribution in [3.05, 3.63) is 83.7 Å². The number of carbonyl (C=O) groups excluding carboxylic acids is 1. The average Bonchev–Trinajstić information content (AvgIpc) is 2.55. The zero-order valence-electron chi connectivity index (χ0n) is 11.7. The zero-order chi connectivity index (χ0) is 15.4. The molecular formula is C18H13FN2O. The van der Waals surface area contributed by atoms with E-state index in [1.54, 1.807) is 12.3 Å². The number of nitrogens with one attached hydrogen (secondary N) is 1. The molecule has 22 heavy (non-hydrogen) atoms. The van der Waals surface area contributed by atoms with Gasteiger partial charge in [-0.15, -0.1) is 0 Å². The van der Waals surface area contributed by atoms with Crippen LogP contribution in [0.3, 0.4) is 0 Å². The fourth-order valence-electron chi connectivity index (χ4n) is 2.23. The standard InChI is InChI=1S/C18H13FN2O/c19-17-11-4-3-10-16(17)18(22)21-20-12-14-8-5-7-13-6-1-2-9-15(13)14/h1-12H,(H,21,22). The summed E-state index contributed by atoms with van der Waals surface area (Å²) in [5.74, 6) is -1.14. The van der Waals surface area contributed by atoms with Gasteiger partial charge in [0.2, 0.25) is 0 Å². The Kier molecular flexibility index (Phi) is 3.92. The zero-order valence-corrected chi connectivity index (χ0v) is 11.7. The van der Waals surface area contributed by atoms with Crippen LogP contribution in [0.5, 0.6) is 0 Å². The first kappa shape index (κ1) is 13.9. The van der Waals surface area contributed by atoms with Crippen molar-refractivity contribution < 1.29 is 9.18 Å². The van der Waals surface area contributed by atoms with Crippen LogP contribution in [0.25, 0.3) is 10.8 Å². The number of carbonyl (C=O) groups is 1. The number of hydrogen-bond acceptors (Lipinski definition) is 2. The van der Waals surface area contributed by atoms with Crippen LogP contribution in [-0.4, -0.2) is 12.1 Å². The van der Waals surface area contributed by atoms with Crippen LogP contribution in [0.15, 0.2) is 71.8 Å². The summed E-state index contributed by atoms with van der Waals surface area (Å²) in [6, 6.07) is 19.5. The van der Waals surface area contributed by atoms with E-state index in [1.165, 1.54) is 18.2 Å². The largest absolute Gasteiger partial charge is 0.274 e. The van der Waals surface area contributed by atoms with E-state index in [0.29, 0.717) is 0 Å². The molecule has 0 saturated heterocycles. The fraction of sp³-hybridized carbons (Fsp3) is 0. The quantitative estimate of drug-likeness (QED) is 0.580. The second-order valence-electron chi connectivity index (χ2n) is 4.75. The van der Waals surface area contributed by atoms with E-state index in [4.69, 9.17) is 0 Å². The number of halogens is 1. The Morgan fingerprint density at radius 2 is 1.68 bits per heavy atom. The molecule has 1 amide bonds. The van der Waals surface area contributed by atoms with E-state index >= 15 is 0 Å². The SMILES string of the molecule is O=C(NN=Cc1cccc2ccccc12)c1ccccc1F. The summed E-state index contributed by atoms with van der Waals surface area (Å²) in [5.41, 5.74) is 3.19. The van der Waals surface area contributed by atoms with E-state index in [2.05, 4.69) is 10.5 Å². The van der Waals surface area contributed by atoms with E-state index in [0.717, 1.165) is 16.3 Å². The maximum atomic E-state index is 13.5. The molecular weight excluding hydrogens is 279 g/mol. The van der Waals surface area contributed by atoms with Crippen LogP contribution in [0.4, 0.5) is 4.39 Å². The third kappa shape index (κ3) is 2.86. The molecule has 0 radical (unpaired) electrons. The summed E-state index contributed by atoms with van der Waals surface area (Å²) in [7, 11) is 0. The lowest BCUT2D eigenvalue weighted by molar-refractivity contribution is 0.0951. The van der Waals surface area contributed by atoms with E-state index in [9.17, 15) is 9.18 Å². The van der Waals surface area contributed by atoms with Crippen molar-refractivity contribution in [3.63, 3.8) is 0 Å². The summed E-state index contributed by atoms with van der Waals surface area (Å²) < 4.78 is 13.5. The van der Waals surface area contributed by atoms with Gasteiger partial charge in [0.25, 0.3) is 5.91 Å². The lowest BCUT2D eigenvalue weighted by atomic mass is 10.1. The highest BCUT2D eigenvalue weighted by Gasteiger charge is 2.09. The predicted molar refractivity (Wildman–Crippen MR) is 85.4 cm³/mol. The monoisotopic (exact) mass is 292 g/mol. The molecule has 0 aliphatic heterocycles. The molecule has 0 bridgehead atoms. The van der Waals surface area contributed by atoms with Crippen molar-refractivity contribution in [2.45, 2.75) is 0 Å². The minimum absolute atomic E-state index is 0.0300. The second-order valence-corrected chi connectivity index (χ2v) is 4.75. The van der Waals surface area contributed by atoms with Gasteiger partial charge in [-0.05, 0) is 22.9 Å². The van der Waals surface area contributed by atoms with Gasteiger partial charge in [0.15, 0.2) is 0 Å². The number of nitrogens with zero attached hydrogens (tertiary/aromatic N) is 1. The fourth-order valence-corrected chi connectivity index (χ4v) is 2.23. The molecule has 3 aromatic carbocycles. The summed E-state index contributed by atoms with van der Waals surface area (Å²) in [6.45, 7) is 0. The van der Waals surface area contributed by atoms with Gasteiger partial charge >= 0.3 is 0 Å². The van der Waals surface area contributed by atoms with Gasteiger partial charge in [0.05, 0.1) is 11.8 Å². The van der Waals surface area contributed by atoms with Crippen LogP contribution in [0, 0.1) is 5.82 Å². The number of hydrazone groups is 1. The molecule has 3 rings (SSSR count). The molecule has 0 fully saturated rings. The molecule has 0 heterocycles. The van der Waals surface area contributed by atoms with E-state index in [1.807, 2.05) is 42.5 Å². The van der Waals surface area contributed by atoms with Crippen LogP contribution in [-0.2, 0) is 0 Å². The van der Waals surface area contributed by atoms with Gasteiger partial charge in [0, 0.05) is 5.56 Å². The first-order valence-corrected chi connectivity index (χ1v) is 6.81. The summed E-state index contributed by atoms with van der Waals surface area (Å²) in [4.78, 5) is 11.9. The van der Waals surface area contributed by atoms with Gasteiger partial charge in [-0.1, -0.05) is 54.6 Å². The van der Waals surface area contributed by atoms with Crippen molar-refractivity contribution in [2.24, 2.45) is 5.10 Å². The van der Waals surface area contributed by atoms with Gasteiger partial charge in [-0.2, -0.15) is 5.10 Å². The first-order valence-electron chi connectivity index (χ1n) is 6.81. The average molecular weight is 292 g/mol. The molecule has 4 heteroatoms. The molecule has 0 aromatic heterocycles. The molecule has 108 valence electrons. The Labute approximate surface area is 127 Å². The van der Waals surface area contributed by atoms with E-state index in [-0.39, 0.29) is 5.56 Å². The Morgan fingerprint density at radius 1 is 0.955 bits per heavy atom. The van der Waals surface area contributed by atoms with E-state index < -0.39 is 11.7 Å². The minimum Gasteiger partial charge on any atom is -0.267 e. The van der Waals surface area contributed by atoms with Crippen molar-refractivity contribution >= 4 is 22.9 Å². The number of rotatable bonds is 3. The molecule has 3 aromatic rings. The Hall–Kier alpha value is -3.01. The lowest BCUT2D eigenvalue weighted by Gasteiger charge is -2.02. The molecule has 0 saturated carbocycles. The second kappa shape index (κ2) is 6.18. The Bertz CT molecular complexity index is 853. The van der Waals surface area contributed by atoms with Gasteiger partial charge in [-0.25, -0.2) is 9.82 Å². The molecule has 0 unspecified atom stereocenters. The number of amides is 1. The third-order valence-corrected chi connectivity index (χ3v) is 3.31. The van der Waals surface area contributed by atoms with Crippen molar-refractivity contribution in [2.75, 3.05) is 0 Å². The number of benzene rings is 3. The van der Waals surface area contributed by atoms with Crippen LogP contribution in [0.1, 0.15) is 15.9 Å². The smallest absolute Gasteiger partial charge is 0.267 e. The number of fused-ring (bicyclic) bond motifs is 1. The summed E-state index contributed by atoms with van der Waals surface area (Å²) in [5, 5.41) is 6.04. The van der Waals surface area contributed by atoms with Crippen LogP contribution >= 0.6 is 0 Å². The summed E-state index contributed by atoms with van der Waals surface area (Å²) in [6.07, 6.45) is 1.56. The highest BCUT2D eigenvalue weighted by atomic mass is 19.1. The van der Waals surface area contributed by atoms with Crippen molar-refractivity contribution in [1.29, 1.82) is 0 Å². The maximum Gasteiger partial charge on any atom is 0.274 e.